The fourth-order valence-electron chi connectivity index (χ4n) is 5.61. The SMILES string of the molecule is CC1NC=C(NC(=O)CN2CCCC23CCC3)C=C1NC(=O)c1cnn2cc(-c3cnn(CCO)c3)sc12. The molecule has 12 heteroatoms. The van der Waals surface area contributed by atoms with Gasteiger partial charge in [0.25, 0.3) is 5.91 Å². The number of allylic oxidation sites excluding steroid dienone is 1. The summed E-state index contributed by atoms with van der Waals surface area (Å²) in [6.45, 7) is 3.77. The number of aliphatic hydroxyl groups excluding tert-OH is 1. The highest BCUT2D eigenvalue weighted by molar-refractivity contribution is 7.21. The summed E-state index contributed by atoms with van der Waals surface area (Å²) in [4.78, 5) is 30.1. The lowest BCUT2D eigenvalue weighted by Crippen LogP contribution is -2.52. The van der Waals surface area contributed by atoms with Crippen LogP contribution in [0.15, 0.2) is 48.5 Å². The van der Waals surface area contributed by atoms with Crippen molar-refractivity contribution >= 4 is 28.0 Å². The Kier molecular flexibility index (Phi) is 6.54. The number of nitrogens with one attached hydrogen (secondary N) is 3. The molecule has 0 aromatic carbocycles. The summed E-state index contributed by atoms with van der Waals surface area (Å²) in [6, 6.07) is -0.126. The number of aromatic nitrogens is 4. The van der Waals surface area contributed by atoms with Gasteiger partial charge in [-0.15, -0.1) is 11.3 Å². The molecular weight excluding hydrogens is 504 g/mol. The first-order valence-electron chi connectivity index (χ1n) is 13.1. The molecule has 1 spiro atoms. The van der Waals surface area contributed by atoms with Crippen LogP contribution in [0.2, 0.25) is 0 Å². The van der Waals surface area contributed by atoms with Gasteiger partial charge in [0, 0.05) is 35.4 Å². The molecule has 200 valence electrons. The second-order valence-electron chi connectivity index (χ2n) is 10.3. The first-order chi connectivity index (χ1) is 18.4. The summed E-state index contributed by atoms with van der Waals surface area (Å²) >= 11 is 1.45. The van der Waals surface area contributed by atoms with Crippen LogP contribution in [-0.2, 0) is 11.3 Å². The number of nitrogens with zero attached hydrogens (tertiary/aromatic N) is 5. The van der Waals surface area contributed by atoms with Gasteiger partial charge >= 0.3 is 0 Å². The molecule has 11 nitrogen and oxygen atoms in total. The average Bonchev–Trinajstić information content (AvgIpc) is 3.63. The number of carbonyl (C=O) groups excluding carboxylic acids is 2. The Morgan fingerprint density at radius 3 is 2.82 bits per heavy atom. The van der Waals surface area contributed by atoms with Crippen LogP contribution in [0.3, 0.4) is 0 Å². The molecule has 0 bridgehead atoms. The zero-order chi connectivity index (χ0) is 26.3. The van der Waals surface area contributed by atoms with Crippen molar-refractivity contribution in [2.75, 3.05) is 19.7 Å². The van der Waals surface area contributed by atoms with E-state index in [1.807, 2.05) is 25.4 Å². The fourth-order valence-corrected chi connectivity index (χ4v) is 6.64. The van der Waals surface area contributed by atoms with Gasteiger partial charge in [0.05, 0.1) is 54.3 Å². The molecule has 5 heterocycles. The standard InChI is InChI=1S/C26H32N8O3S/c1-17-21(10-19(12-27-17)30-23(36)16-32-7-3-6-26(32)4-2-5-26)31-24(37)20-13-29-34-15-22(38-25(20)34)18-11-28-33(14-18)8-9-35/h10-15,17,27,35H,2-9,16H2,1H3,(H,30,36)(H,31,37). The van der Waals surface area contributed by atoms with Crippen LogP contribution in [0, 0.1) is 0 Å². The summed E-state index contributed by atoms with van der Waals surface area (Å²) in [6.07, 6.45) is 16.6. The largest absolute Gasteiger partial charge is 0.394 e. The highest BCUT2D eigenvalue weighted by atomic mass is 32.1. The topological polar surface area (TPSA) is 129 Å². The van der Waals surface area contributed by atoms with E-state index in [4.69, 9.17) is 5.11 Å². The van der Waals surface area contributed by atoms with Gasteiger partial charge < -0.3 is 21.1 Å². The molecule has 3 aliphatic rings. The van der Waals surface area contributed by atoms with Gasteiger partial charge in [0.15, 0.2) is 0 Å². The maximum absolute atomic E-state index is 13.3. The smallest absolute Gasteiger partial charge is 0.260 e. The van der Waals surface area contributed by atoms with E-state index >= 15 is 0 Å². The maximum Gasteiger partial charge on any atom is 0.260 e. The van der Waals surface area contributed by atoms with Crippen LogP contribution in [0.25, 0.3) is 15.3 Å². The molecule has 0 radical (unpaired) electrons. The predicted octanol–water partition coefficient (Wildman–Crippen LogP) is 1.83. The first-order valence-corrected chi connectivity index (χ1v) is 13.9. The van der Waals surface area contributed by atoms with Crippen LogP contribution in [0.5, 0.6) is 0 Å². The Bertz CT molecular complexity index is 1430. The third-order valence-corrected chi connectivity index (χ3v) is 9.02. The average molecular weight is 537 g/mol. The lowest BCUT2D eigenvalue weighted by Gasteiger charge is -2.45. The molecule has 3 aromatic rings. The molecule has 1 saturated carbocycles. The molecule has 6 rings (SSSR count). The van der Waals surface area contributed by atoms with Crippen molar-refractivity contribution in [2.24, 2.45) is 0 Å². The lowest BCUT2D eigenvalue weighted by atomic mass is 9.75. The second kappa shape index (κ2) is 10.0. The van der Waals surface area contributed by atoms with Crippen LogP contribution in [0.1, 0.15) is 49.4 Å². The minimum absolute atomic E-state index is 0.0159. The third kappa shape index (κ3) is 4.63. The number of hydrogen-bond acceptors (Lipinski definition) is 8. The second-order valence-corrected chi connectivity index (χ2v) is 11.3. The van der Waals surface area contributed by atoms with Crippen LogP contribution in [0.4, 0.5) is 0 Å². The first kappa shape index (κ1) is 24.8. The van der Waals surface area contributed by atoms with E-state index in [9.17, 15) is 9.59 Å². The summed E-state index contributed by atoms with van der Waals surface area (Å²) in [5.74, 6) is -0.296. The Labute approximate surface area is 224 Å². The van der Waals surface area contributed by atoms with Crippen molar-refractivity contribution in [3.63, 3.8) is 0 Å². The number of hydrogen-bond donors (Lipinski definition) is 4. The van der Waals surface area contributed by atoms with Gasteiger partial charge in [-0.05, 0) is 51.6 Å². The Morgan fingerprint density at radius 1 is 1.18 bits per heavy atom. The molecule has 3 aromatic heterocycles. The van der Waals surface area contributed by atoms with Gasteiger partial charge in [-0.1, -0.05) is 0 Å². The number of carbonyl (C=O) groups is 2. The van der Waals surface area contributed by atoms with Crippen molar-refractivity contribution in [3.8, 4) is 10.4 Å². The van der Waals surface area contributed by atoms with Gasteiger partial charge in [-0.3, -0.25) is 19.2 Å². The predicted molar refractivity (Wildman–Crippen MR) is 143 cm³/mol. The normalized spacial score (nSPS) is 20.6. The number of aliphatic hydroxyl groups is 1. The fraction of sp³-hybridized carbons (Fsp3) is 0.462. The molecule has 2 aliphatic heterocycles. The van der Waals surface area contributed by atoms with Gasteiger partial charge in [0.1, 0.15) is 4.83 Å². The Balaban J connectivity index is 1.12. The molecule has 1 aliphatic carbocycles. The third-order valence-electron chi connectivity index (χ3n) is 7.86. The molecular formula is C26H32N8O3S. The van der Waals surface area contributed by atoms with E-state index < -0.39 is 0 Å². The molecule has 4 N–H and O–H groups in total. The summed E-state index contributed by atoms with van der Waals surface area (Å²) in [7, 11) is 0. The number of rotatable bonds is 8. The van der Waals surface area contributed by atoms with Crippen molar-refractivity contribution < 1.29 is 14.7 Å². The zero-order valence-corrected chi connectivity index (χ0v) is 22.1. The minimum atomic E-state index is -0.263. The number of fused-ring (bicyclic) bond motifs is 1. The summed E-state index contributed by atoms with van der Waals surface area (Å²) < 4.78 is 3.36. The van der Waals surface area contributed by atoms with Crippen LogP contribution in [-0.4, -0.2) is 72.5 Å². The van der Waals surface area contributed by atoms with Crippen LogP contribution >= 0.6 is 11.3 Å². The molecule has 2 amide bonds. The lowest BCUT2D eigenvalue weighted by molar-refractivity contribution is -0.123. The Hall–Kier alpha value is -3.48. The van der Waals surface area contributed by atoms with Gasteiger partial charge in [-0.25, -0.2) is 4.52 Å². The quantitative estimate of drug-likeness (QED) is 0.346. The minimum Gasteiger partial charge on any atom is -0.394 e. The van der Waals surface area contributed by atoms with Gasteiger partial charge in [0.2, 0.25) is 5.91 Å². The number of dihydropyridines is 1. The van der Waals surface area contributed by atoms with E-state index in [-0.39, 0.29) is 30.0 Å². The number of likely N-dealkylation sites (tertiary alicyclic amines) is 1. The monoisotopic (exact) mass is 536 g/mol. The molecule has 1 unspecified atom stereocenters. The zero-order valence-electron chi connectivity index (χ0n) is 21.3. The van der Waals surface area contributed by atoms with Crippen molar-refractivity contribution in [2.45, 2.75) is 57.2 Å². The molecule has 2 fully saturated rings. The summed E-state index contributed by atoms with van der Waals surface area (Å²) in [5, 5.41) is 27.0. The molecule has 1 saturated heterocycles. The van der Waals surface area contributed by atoms with E-state index in [1.54, 1.807) is 27.8 Å². The van der Waals surface area contributed by atoms with Crippen molar-refractivity contribution in [1.82, 2.24) is 40.2 Å². The van der Waals surface area contributed by atoms with Crippen molar-refractivity contribution in [3.05, 3.63) is 54.0 Å². The number of amides is 2. The van der Waals surface area contributed by atoms with Crippen molar-refractivity contribution in [1.29, 1.82) is 0 Å². The van der Waals surface area contributed by atoms with E-state index in [0.717, 1.165) is 28.2 Å². The highest BCUT2D eigenvalue weighted by Gasteiger charge is 2.45. The summed E-state index contributed by atoms with van der Waals surface area (Å²) in [5.41, 5.74) is 2.92. The molecule has 1 atom stereocenters. The van der Waals surface area contributed by atoms with Gasteiger partial charge in [-0.2, -0.15) is 10.2 Å². The maximum atomic E-state index is 13.3. The van der Waals surface area contributed by atoms with Crippen LogP contribution < -0.4 is 16.0 Å². The van der Waals surface area contributed by atoms with E-state index in [2.05, 4.69) is 31.0 Å². The number of thiazole rings is 1. The van der Waals surface area contributed by atoms with E-state index in [1.165, 1.54) is 37.0 Å². The highest BCUT2D eigenvalue weighted by Crippen LogP contribution is 2.45. The van der Waals surface area contributed by atoms with E-state index in [0.29, 0.717) is 30.0 Å². The Morgan fingerprint density at radius 2 is 2.03 bits per heavy atom. The molecule has 38 heavy (non-hydrogen) atoms.